The monoisotopic (exact) mass is 272 g/mol. The lowest BCUT2D eigenvalue weighted by Gasteiger charge is -2.11. The van der Waals surface area contributed by atoms with Crippen LogP contribution in [0.25, 0.3) is 11.3 Å². The number of nitrogens with one attached hydrogen (secondary N) is 1. The number of aromatic nitrogens is 2. The molecule has 1 aliphatic rings. The van der Waals surface area contributed by atoms with Gasteiger partial charge in [-0.15, -0.1) is 0 Å². The van der Waals surface area contributed by atoms with Crippen LogP contribution < -0.4 is 15.0 Å². The number of hydrogen-bond donors (Lipinski definition) is 1. The van der Waals surface area contributed by atoms with Gasteiger partial charge in [0, 0.05) is 24.4 Å². The Labute approximate surface area is 116 Å². The van der Waals surface area contributed by atoms with Gasteiger partial charge in [-0.05, 0) is 26.0 Å². The van der Waals surface area contributed by atoms with Crippen molar-refractivity contribution in [3.05, 3.63) is 40.4 Å². The summed E-state index contributed by atoms with van der Waals surface area (Å²) in [6.45, 7) is 4.47. The minimum absolute atomic E-state index is 0.150. The zero-order valence-corrected chi connectivity index (χ0v) is 11.5. The average Bonchev–Trinajstić information content (AvgIpc) is 2.78. The lowest BCUT2D eigenvalue weighted by atomic mass is 10.0. The molecule has 20 heavy (non-hydrogen) atoms. The SMILES string of the molecule is CCOc1cc2c(cc1-c1ncc[nH]c1=O)OC(C)C2. The van der Waals surface area contributed by atoms with E-state index < -0.39 is 0 Å². The van der Waals surface area contributed by atoms with E-state index in [-0.39, 0.29) is 11.7 Å². The molecule has 5 heteroatoms. The molecular formula is C15H16N2O3. The smallest absolute Gasteiger partial charge is 0.274 e. The quantitative estimate of drug-likeness (QED) is 0.930. The summed E-state index contributed by atoms with van der Waals surface area (Å²) in [4.78, 5) is 18.7. The van der Waals surface area contributed by atoms with Crippen molar-refractivity contribution >= 4 is 0 Å². The Morgan fingerprint density at radius 2 is 2.35 bits per heavy atom. The highest BCUT2D eigenvalue weighted by Crippen LogP contribution is 2.38. The molecule has 1 aromatic heterocycles. The number of nitrogens with zero attached hydrogens (tertiary/aromatic N) is 1. The molecule has 5 nitrogen and oxygen atoms in total. The Kier molecular flexibility index (Phi) is 3.18. The number of rotatable bonds is 3. The van der Waals surface area contributed by atoms with Crippen LogP contribution in [0.4, 0.5) is 0 Å². The maximum absolute atomic E-state index is 11.9. The van der Waals surface area contributed by atoms with Crippen LogP contribution >= 0.6 is 0 Å². The molecule has 0 saturated carbocycles. The summed E-state index contributed by atoms with van der Waals surface area (Å²) in [5, 5.41) is 0. The van der Waals surface area contributed by atoms with Crippen molar-refractivity contribution in [2.24, 2.45) is 0 Å². The third-order valence-electron chi connectivity index (χ3n) is 3.26. The van der Waals surface area contributed by atoms with Crippen LogP contribution in [0, 0.1) is 0 Å². The van der Waals surface area contributed by atoms with E-state index >= 15 is 0 Å². The van der Waals surface area contributed by atoms with Gasteiger partial charge in [-0.25, -0.2) is 4.98 Å². The number of benzene rings is 1. The summed E-state index contributed by atoms with van der Waals surface area (Å²) >= 11 is 0. The second-order valence-electron chi connectivity index (χ2n) is 4.79. The Morgan fingerprint density at radius 1 is 1.50 bits per heavy atom. The molecule has 1 aromatic carbocycles. The molecular weight excluding hydrogens is 256 g/mol. The summed E-state index contributed by atoms with van der Waals surface area (Å²) in [6, 6.07) is 3.80. The van der Waals surface area contributed by atoms with Gasteiger partial charge in [0.15, 0.2) is 0 Å². The molecule has 2 aromatic rings. The standard InChI is InChI=1S/C15H16N2O3/c1-3-19-13-7-10-6-9(2)20-12(10)8-11(13)14-15(18)17-5-4-16-14/h4-5,7-9H,3,6H2,1-2H3,(H,17,18). The summed E-state index contributed by atoms with van der Waals surface area (Å²) in [6.07, 6.45) is 4.08. The highest BCUT2D eigenvalue weighted by Gasteiger charge is 2.23. The minimum Gasteiger partial charge on any atom is -0.493 e. The number of hydrogen-bond acceptors (Lipinski definition) is 4. The van der Waals surface area contributed by atoms with Gasteiger partial charge in [0.1, 0.15) is 23.3 Å². The zero-order valence-electron chi connectivity index (χ0n) is 11.5. The molecule has 0 spiro atoms. The first-order valence-corrected chi connectivity index (χ1v) is 6.69. The van der Waals surface area contributed by atoms with Crippen LogP contribution in [0.15, 0.2) is 29.3 Å². The van der Waals surface area contributed by atoms with Crippen molar-refractivity contribution in [2.45, 2.75) is 26.4 Å². The van der Waals surface area contributed by atoms with E-state index in [1.165, 1.54) is 6.20 Å². The van der Waals surface area contributed by atoms with E-state index in [1.54, 1.807) is 6.20 Å². The topological polar surface area (TPSA) is 64.2 Å². The fraction of sp³-hybridized carbons (Fsp3) is 0.333. The highest BCUT2D eigenvalue weighted by molar-refractivity contribution is 5.70. The first-order chi connectivity index (χ1) is 9.69. The second-order valence-corrected chi connectivity index (χ2v) is 4.79. The molecule has 2 heterocycles. The molecule has 0 radical (unpaired) electrons. The Morgan fingerprint density at radius 3 is 3.10 bits per heavy atom. The molecule has 0 fully saturated rings. The molecule has 0 saturated heterocycles. The summed E-state index contributed by atoms with van der Waals surface area (Å²) in [5.41, 5.74) is 1.89. The summed E-state index contributed by atoms with van der Waals surface area (Å²) in [7, 11) is 0. The first-order valence-electron chi connectivity index (χ1n) is 6.69. The number of H-pyrrole nitrogens is 1. The van der Waals surface area contributed by atoms with Gasteiger partial charge in [0.25, 0.3) is 5.56 Å². The largest absolute Gasteiger partial charge is 0.493 e. The minimum atomic E-state index is -0.237. The predicted octanol–water partition coefficient (Wildman–Crippen LogP) is 2.16. The molecule has 1 N–H and O–H groups in total. The Hall–Kier alpha value is -2.30. The Bertz CT molecular complexity index is 694. The van der Waals surface area contributed by atoms with Crippen molar-refractivity contribution < 1.29 is 9.47 Å². The van der Waals surface area contributed by atoms with Gasteiger partial charge in [0.05, 0.1) is 12.2 Å². The summed E-state index contributed by atoms with van der Waals surface area (Å²) < 4.78 is 11.4. The maximum atomic E-state index is 11.9. The van der Waals surface area contributed by atoms with Crippen molar-refractivity contribution in [1.29, 1.82) is 0 Å². The van der Waals surface area contributed by atoms with Crippen molar-refractivity contribution in [3.8, 4) is 22.8 Å². The number of aromatic amines is 1. The lowest BCUT2D eigenvalue weighted by molar-refractivity contribution is 0.254. The van der Waals surface area contributed by atoms with Gasteiger partial charge in [0.2, 0.25) is 0 Å². The average molecular weight is 272 g/mol. The molecule has 1 aliphatic heterocycles. The zero-order chi connectivity index (χ0) is 14.1. The Balaban J connectivity index is 2.17. The van der Waals surface area contributed by atoms with Gasteiger partial charge in [-0.2, -0.15) is 0 Å². The molecule has 104 valence electrons. The van der Waals surface area contributed by atoms with E-state index in [0.29, 0.717) is 23.6 Å². The van der Waals surface area contributed by atoms with Crippen LogP contribution in [-0.2, 0) is 6.42 Å². The van der Waals surface area contributed by atoms with Gasteiger partial charge >= 0.3 is 0 Å². The van der Waals surface area contributed by atoms with E-state index in [2.05, 4.69) is 9.97 Å². The van der Waals surface area contributed by atoms with E-state index in [4.69, 9.17) is 9.47 Å². The predicted molar refractivity (Wildman–Crippen MR) is 75.3 cm³/mol. The lowest BCUT2D eigenvalue weighted by Crippen LogP contribution is -2.10. The molecule has 0 bridgehead atoms. The normalized spacial score (nSPS) is 16.6. The number of ether oxygens (including phenoxy) is 2. The van der Waals surface area contributed by atoms with Crippen LogP contribution in [-0.4, -0.2) is 22.7 Å². The fourth-order valence-corrected chi connectivity index (χ4v) is 2.44. The fourth-order valence-electron chi connectivity index (χ4n) is 2.44. The maximum Gasteiger partial charge on any atom is 0.274 e. The van der Waals surface area contributed by atoms with Crippen molar-refractivity contribution in [2.75, 3.05) is 6.61 Å². The van der Waals surface area contributed by atoms with Crippen molar-refractivity contribution in [3.63, 3.8) is 0 Å². The van der Waals surface area contributed by atoms with Crippen LogP contribution in [0.3, 0.4) is 0 Å². The third kappa shape index (κ3) is 2.15. The van der Waals surface area contributed by atoms with Crippen molar-refractivity contribution in [1.82, 2.24) is 9.97 Å². The molecule has 0 aliphatic carbocycles. The van der Waals surface area contributed by atoms with E-state index in [0.717, 1.165) is 17.7 Å². The van der Waals surface area contributed by atoms with Gasteiger partial charge in [-0.1, -0.05) is 0 Å². The molecule has 3 rings (SSSR count). The van der Waals surface area contributed by atoms with Gasteiger partial charge < -0.3 is 14.5 Å². The van der Waals surface area contributed by atoms with Crippen LogP contribution in [0.1, 0.15) is 19.4 Å². The summed E-state index contributed by atoms with van der Waals surface area (Å²) in [5.74, 6) is 1.48. The van der Waals surface area contributed by atoms with Crippen LogP contribution in [0.5, 0.6) is 11.5 Å². The van der Waals surface area contributed by atoms with Gasteiger partial charge in [-0.3, -0.25) is 4.79 Å². The second kappa shape index (κ2) is 5.00. The number of fused-ring (bicyclic) bond motifs is 1. The molecule has 0 amide bonds. The molecule has 1 unspecified atom stereocenters. The van der Waals surface area contributed by atoms with E-state index in [1.807, 2.05) is 26.0 Å². The van der Waals surface area contributed by atoms with Crippen LogP contribution in [0.2, 0.25) is 0 Å². The third-order valence-corrected chi connectivity index (χ3v) is 3.26. The first kappa shape index (κ1) is 12.7. The molecule has 1 atom stereocenters. The highest BCUT2D eigenvalue weighted by atomic mass is 16.5. The van der Waals surface area contributed by atoms with E-state index in [9.17, 15) is 4.79 Å².